The first-order chi connectivity index (χ1) is 4.33. The zero-order valence-electron chi connectivity index (χ0n) is 5.26. The van der Waals surface area contributed by atoms with Crippen LogP contribution < -0.4 is 0 Å². The summed E-state index contributed by atoms with van der Waals surface area (Å²) in [4.78, 5) is 0.939. The summed E-state index contributed by atoms with van der Waals surface area (Å²) in [5, 5.41) is 0. The van der Waals surface area contributed by atoms with Crippen LogP contribution in [0.25, 0.3) is 0 Å². The number of allylic oxidation sites excluding steroid dienone is 3. The fourth-order valence-electron chi connectivity index (χ4n) is 0.684. The monoisotopic (exact) mass is 166 g/mol. The van der Waals surface area contributed by atoms with Gasteiger partial charge in [0.25, 0.3) is 0 Å². The second-order valence-electron chi connectivity index (χ2n) is 1.82. The fourth-order valence-corrected chi connectivity index (χ4v) is 0.896. The normalized spacial score (nSPS) is 15.7. The van der Waals surface area contributed by atoms with Crippen molar-refractivity contribution in [3.8, 4) is 0 Å². The molecule has 0 aliphatic heterocycles. The minimum atomic E-state index is 0. The third-order valence-corrected chi connectivity index (χ3v) is 1.42. The molecule has 0 saturated carbocycles. The van der Waals surface area contributed by atoms with Crippen molar-refractivity contribution >= 4 is 40.1 Å². The number of hydrogen-bond donors (Lipinski definition) is 0. The largest absolute Gasteiger partial charge is 0.497 e. The Morgan fingerprint density at radius 2 is 2.30 bits per heavy atom. The van der Waals surface area contributed by atoms with Gasteiger partial charge in [-0.2, -0.15) is 0 Å². The minimum absolute atomic E-state index is 0. The van der Waals surface area contributed by atoms with Crippen molar-refractivity contribution in [2.24, 2.45) is 0 Å². The molecule has 0 aromatic rings. The van der Waals surface area contributed by atoms with Crippen molar-refractivity contribution in [3.63, 3.8) is 0 Å². The number of hydrogen-bond acceptors (Lipinski definition) is 2. The fraction of sp³-hybridized carbons (Fsp3) is 0.286. The van der Waals surface area contributed by atoms with E-state index < -0.39 is 0 Å². The molecule has 0 N–H and O–H groups in total. The quantitative estimate of drug-likeness (QED) is 0.423. The smallest absolute Gasteiger partial charge is 0.316 e. The van der Waals surface area contributed by atoms with Crippen LogP contribution in [0.3, 0.4) is 0 Å². The molecule has 1 rings (SSSR count). The summed E-state index contributed by atoms with van der Waals surface area (Å²) in [6.07, 6.45) is 6.68. The molecular formula is C7H10MgOS. The summed E-state index contributed by atoms with van der Waals surface area (Å²) in [6, 6.07) is 0. The van der Waals surface area contributed by atoms with Gasteiger partial charge in [-0.3, -0.25) is 0 Å². The van der Waals surface area contributed by atoms with Gasteiger partial charge in [-0.05, 0) is 12.2 Å². The van der Waals surface area contributed by atoms with Gasteiger partial charge in [-0.25, -0.2) is 0 Å². The molecule has 0 unspecified atom stereocenters. The molecule has 0 amide bonds. The molecule has 0 aromatic heterocycles. The average Bonchev–Trinajstić information content (AvgIpc) is 1.88. The van der Waals surface area contributed by atoms with Crippen molar-refractivity contribution in [1.82, 2.24) is 0 Å². The van der Waals surface area contributed by atoms with Crippen LogP contribution in [0.4, 0.5) is 0 Å². The maximum absolute atomic E-state index is 4.95. The lowest BCUT2D eigenvalue weighted by Crippen LogP contribution is -1.95. The Morgan fingerprint density at radius 3 is 2.70 bits per heavy atom. The first-order valence-electron chi connectivity index (χ1n) is 2.78. The van der Waals surface area contributed by atoms with Crippen molar-refractivity contribution in [1.29, 1.82) is 0 Å². The maximum atomic E-state index is 4.95. The molecule has 52 valence electrons. The molecule has 0 bridgehead atoms. The summed E-state index contributed by atoms with van der Waals surface area (Å²) in [5.74, 6) is 0.853. The number of methoxy groups -OCH3 is 1. The first kappa shape index (κ1) is 10.1. The molecule has 0 radical (unpaired) electrons. The molecule has 0 heterocycles. The lowest BCUT2D eigenvalue weighted by atomic mass is 10.2. The number of ether oxygens (including phenoxy) is 1. The van der Waals surface area contributed by atoms with E-state index in [1.807, 2.05) is 18.2 Å². The Bertz CT molecular complexity index is 184. The lowest BCUT2D eigenvalue weighted by molar-refractivity contribution is 0.307. The Labute approximate surface area is 82.3 Å². The molecule has 0 atom stereocenters. The third kappa shape index (κ3) is 2.81. The second-order valence-corrected chi connectivity index (χ2v) is 2.35. The minimum Gasteiger partial charge on any atom is -0.497 e. The molecule has 1 aliphatic carbocycles. The van der Waals surface area contributed by atoms with Gasteiger partial charge in [0.1, 0.15) is 5.76 Å². The van der Waals surface area contributed by atoms with E-state index in [0.29, 0.717) is 0 Å². The molecule has 0 fully saturated rings. The van der Waals surface area contributed by atoms with Crippen LogP contribution in [0.5, 0.6) is 0 Å². The van der Waals surface area contributed by atoms with E-state index in [1.54, 1.807) is 7.11 Å². The van der Waals surface area contributed by atoms with E-state index in [1.165, 1.54) is 0 Å². The van der Waals surface area contributed by atoms with Gasteiger partial charge in [-0.1, -0.05) is 18.3 Å². The summed E-state index contributed by atoms with van der Waals surface area (Å²) in [5.41, 5.74) is 0. The number of thiocarbonyl (C=S) groups is 1. The van der Waals surface area contributed by atoms with Crippen molar-refractivity contribution in [2.75, 3.05) is 7.11 Å². The van der Waals surface area contributed by atoms with Crippen LogP contribution in [-0.2, 0) is 4.74 Å². The Hall–Kier alpha value is 0.136. The van der Waals surface area contributed by atoms with Crippen LogP contribution in [0.2, 0.25) is 0 Å². The zero-order valence-corrected chi connectivity index (χ0v) is 6.07. The summed E-state index contributed by atoms with van der Waals surface area (Å²) in [7, 11) is 1.64. The van der Waals surface area contributed by atoms with Gasteiger partial charge in [0.05, 0.1) is 7.11 Å². The van der Waals surface area contributed by atoms with E-state index in [2.05, 4.69) is 0 Å². The van der Waals surface area contributed by atoms with Crippen molar-refractivity contribution in [2.45, 2.75) is 6.42 Å². The molecule has 0 aromatic carbocycles. The summed E-state index contributed by atoms with van der Waals surface area (Å²) < 4.78 is 4.95. The topological polar surface area (TPSA) is 9.23 Å². The van der Waals surface area contributed by atoms with Crippen molar-refractivity contribution < 1.29 is 4.74 Å². The first-order valence-corrected chi connectivity index (χ1v) is 3.19. The molecule has 0 saturated heterocycles. The molecule has 1 nitrogen and oxygen atoms in total. The van der Waals surface area contributed by atoms with E-state index in [0.717, 1.165) is 17.0 Å². The zero-order chi connectivity index (χ0) is 6.69. The van der Waals surface area contributed by atoms with Gasteiger partial charge < -0.3 is 4.74 Å². The molecule has 3 heteroatoms. The van der Waals surface area contributed by atoms with Gasteiger partial charge in [-0.15, -0.1) is 0 Å². The van der Waals surface area contributed by atoms with Crippen molar-refractivity contribution in [3.05, 3.63) is 24.0 Å². The summed E-state index contributed by atoms with van der Waals surface area (Å²) >= 11 is 4.94. The third-order valence-electron chi connectivity index (χ3n) is 1.14. The van der Waals surface area contributed by atoms with E-state index in [-0.39, 0.29) is 23.1 Å². The maximum Gasteiger partial charge on any atom is 0.316 e. The molecule has 0 spiro atoms. The Morgan fingerprint density at radius 1 is 1.60 bits per heavy atom. The van der Waals surface area contributed by atoms with E-state index >= 15 is 0 Å². The van der Waals surface area contributed by atoms with Gasteiger partial charge >= 0.3 is 23.1 Å². The predicted octanol–water partition coefficient (Wildman–Crippen LogP) is 0.930. The van der Waals surface area contributed by atoms with Gasteiger partial charge in [0.2, 0.25) is 0 Å². The molecular weight excluding hydrogens is 156 g/mol. The van der Waals surface area contributed by atoms with Crippen LogP contribution in [0.1, 0.15) is 6.42 Å². The van der Waals surface area contributed by atoms with Crippen LogP contribution in [0, 0.1) is 0 Å². The highest BCUT2D eigenvalue weighted by molar-refractivity contribution is 7.80. The average molecular weight is 167 g/mol. The van der Waals surface area contributed by atoms with E-state index in [9.17, 15) is 0 Å². The highest BCUT2D eigenvalue weighted by Gasteiger charge is 1.98. The predicted molar refractivity (Wildman–Crippen MR) is 50.0 cm³/mol. The number of rotatable bonds is 1. The lowest BCUT2D eigenvalue weighted by Gasteiger charge is -2.04. The summed E-state index contributed by atoms with van der Waals surface area (Å²) in [6.45, 7) is 0. The highest BCUT2D eigenvalue weighted by atomic mass is 32.1. The SMILES string of the molecule is COC1=CC(=S)CC=C1.[MgH2]. The second kappa shape index (κ2) is 4.88. The Balaban J connectivity index is 0.000000810. The van der Waals surface area contributed by atoms with Crippen LogP contribution in [0.15, 0.2) is 24.0 Å². The van der Waals surface area contributed by atoms with Gasteiger partial charge in [0.15, 0.2) is 0 Å². The standard InChI is InChI=1S/C7H8OS.Mg.2H/c1-8-6-3-2-4-7(9)5-6;;;/h2-3,5H,4H2,1H3;;;. The molecule has 10 heavy (non-hydrogen) atoms. The van der Waals surface area contributed by atoms with Gasteiger partial charge in [0, 0.05) is 11.3 Å². The van der Waals surface area contributed by atoms with E-state index in [4.69, 9.17) is 17.0 Å². The van der Waals surface area contributed by atoms with Crippen LogP contribution >= 0.6 is 12.2 Å². The molecule has 1 aliphatic rings. The Kier molecular flexibility index (Phi) is 4.94. The van der Waals surface area contributed by atoms with Crippen LogP contribution in [-0.4, -0.2) is 35.0 Å². The highest BCUT2D eigenvalue weighted by Crippen LogP contribution is 2.07.